The third-order valence-corrected chi connectivity index (χ3v) is 6.87. The summed E-state index contributed by atoms with van der Waals surface area (Å²) in [5.74, 6) is -0.355. The number of thiophene rings is 1. The van der Waals surface area contributed by atoms with Crippen LogP contribution in [0.15, 0.2) is 54.0 Å². The zero-order chi connectivity index (χ0) is 20.7. The van der Waals surface area contributed by atoms with Gasteiger partial charge in [-0.15, -0.1) is 17.9 Å². The molecule has 0 fully saturated rings. The van der Waals surface area contributed by atoms with Gasteiger partial charge in [0.25, 0.3) is 11.6 Å². The van der Waals surface area contributed by atoms with E-state index in [9.17, 15) is 14.9 Å². The standard InChI is InChI=1S/C21H17N3O3S2/c1-4-7-23-16-8-12(2)13(3)9-18(16)29-21(23)22-20(25)19-11-14-10-15(24(26)27)5-6-17(14)28-19/h4-6,8-11H,1,7H2,2-3H3. The molecule has 4 rings (SSSR count). The van der Waals surface area contributed by atoms with E-state index < -0.39 is 4.92 Å². The summed E-state index contributed by atoms with van der Waals surface area (Å²) in [5, 5.41) is 11.6. The molecule has 0 aliphatic carbocycles. The van der Waals surface area contributed by atoms with Crippen molar-refractivity contribution in [3.8, 4) is 0 Å². The first kappa shape index (κ1) is 19.2. The number of allylic oxidation sites excluding steroid dienone is 1. The highest BCUT2D eigenvalue weighted by Crippen LogP contribution is 2.29. The van der Waals surface area contributed by atoms with Crippen molar-refractivity contribution in [3.05, 3.63) is 80.0 Å². The van der Waals surface area contributed by atoms with Crippen LogP contribution in [0.4, 0.5) is 5.69 Å². The second-order valence-electron chi connectivity index (χ2n) is 6.69. The van der Waals surface area contributed by atoms with E-state index in [1.165, 1.54) is 45.9 Å². The van der Waals surface area contributed by atoms with E-state index in [0.29, 0.717) is 21.6 Å². The fraction of sp³-hybridized carbons (Fsp3) is 0.143. The zero-order valence-corrected chi connectivity index (χ0v) is 17.5. The number of aryl methyl sites for hydroxylation is 2. The highest BCUT2D eigenvalue weighted by Gasteiger charge is 2.14. The van der Waals surface area contributed by atoms with E-state index in [1.54, 1.807) is 18.2 Å². The third kappa shape index (κ3) is 3.52. The molecule has 2 heterocycles. The first-order valence-electron chi connectivity index (χ1n) is 8.86. The van der Waals surface area contributed by atoms with Gasteiger partial charge in [0.15, 0.2) is 4.80 Å². The summed E-state index contributed by atoms with van der Waals surface area (Å²) in [4.78, 5) is 28.8. The Morgan fingerprint density at radius 1 is 1.17 bits per heavy atom. The van der Waals surface area contributed by atoms with Crippen LogP contribution in [0.1, 0.15) is 20.8 Å². The smallest absolute Gasteiger partial charge is 0.289 e. The lowest BCUT2D eigenvalue weighted by atomic mass is 10.1. The number of hydrogen-bond acceptors (Lipinski definition) is 5. The third-order valence-electron chi connectivity index (χ3n) is 4.73. The van der Waals surface area contributed by atoms with Crippen LogP contribution in [0, 0.1) is 24.0 Å². The molecule has 1 amide bonds. The van der Waals surface area contributed by atoms with Crippen LogP contribution >= 0.6 is 22.7 Å². The van der Waals surface area contributed by atoms with Crippen molar-refractivity contribution < 1.29 is 9.72 Å². The summed E-state index contributed by atoms with van der Waals surface area (Å²) in [5.41, 5.74) is 3.40. The molecule has 8 heteroatoms. The topological polar surface area (TPSA) is 77.5 Å². The molecule has 0 saturated heterocycles. The number of nitro benzene ring substituents is 1. The SMILES string of the molecule is C=CCn1c(=NC(=O)c2cc3cc([N+](=O)[O-])ccc3s2)sc2cc(C)c(C)cc21. The number of fused-ring (bicyclic) bond motifs is 2. The van der Waals surface area contributed by atoms with Gasteiger partial charge in [-0.1, -0.05) is 17.4 Å². The maximum Gasteiger partial charge on any atom is 0.289 e. The molecule has 0 unspecified atom stereocenters. The minimum atomic E-state index is -0.442. The number of rotatable bonds is 4. The molecule has 2 aromatic heterocycles. The van der Waals surface area contributed by atoms with Crippen molar-refractivity contribution in [2.75, 3.05) is 0 Å². The molecule has 2 aromatic carbocycles. The number of nitro groups is 1. The predicted molar refractivity (Wildman–Crippen MR) is 118 cm³/mol. The Balaban J connectivity index is 1.83. The molecule has 4 aromatic rings. The van der Waals surface area contributed by atoms with Crippen LogP contribution in [0.5, 0.6) is 0 Å². The van der Waals surface area contributed by atoms with Gasteiger partial charge >= 0.3 is 0 Å². The summed E-state index contributed by atoms with van der Waals surface area (Å²) < 4.78 is 3.86. The monoisotopic (exact) mass is 423 g/mol. The second kappa shape index (κ2) is 7.38. The van der Waals surface area contributed by atoms with Gasteiger partial charge in [0.05, 0.1) is 20.0 Å². The molecule has 0 radical (unpaired) electrons. The maximum absolute atomic E-state index is 12.8. The Morgan fingerprint density at radius 3 is 2.66 bits per heavy atom. The van der Waals surface area contributed by atoms with Gasteiger partial charge in [-0.2, -0.15) is 4.99 Å². The van der Waals surface area contributed by atoms with Crippen LogP contribution in [-0.2, 0) is 6.54 Å². The van der Waals surface area contributed by atoms with E-state index in [4.69, 9.17) is 0 Å². The molecule has 0 bridgehead atoms. The predicted octanol–water partition coefficient (Wildman–Crippen LogP) is 5.37. The van der Waals surface area contributed by atoms with Gasteiger partial charge in [0.2, 0.25) is 0 Å². The highest BCUT2D eigenvalue weighted by atomic mass is 32.1. The Hall–Kier alpha value is -3.10. The highest BCUT2D eigenvalue weighted by molar-refractivity contribution is 7.21. The molecule has 0 spiro atoms. The number of carbonyl (C=O) groups is 1. The quantitative estimate of drug-likeness (QED) is 0.251. The molecule has 29 heavy (non-hydrogen) atoms. The van der Waals surface area contributed by atoms with Gasteiger partial charge in [-0.3, -0.25) is 14.9 Å². The molecule has 0 N–H and O–H groups in total. The number of amides is 1. The van der Waals surface area contributed by atoms with E-state index in [0.717, 1.165) is 14.9 Å². The van der Waals surface area contributed by atoms with Gasteiger partial charge in [0.1, 0.15) is 0 Å². The minimum Gasteiger partial charge on any atom is -0.312 e. The van der Waals surface area contributed by atoms with E-state index in [1.807, 2.05) is 4.57 Å². The average Bonchev–Trinajstić information content (AvgIpc) is 3.24. The summed E-state index contributed by atoms with van der Waals surface area (Å²) in [6.45, 7) is 8.48. The Morgan fingerprint density at radius 2 is 1.93 bits per heavy atom. The van der Waals surface area contributed by atoms with Crippen LogP contribution in [0.3, 0.4) is 0 Å². The van der Waals surface area contributed by atoms with Gasteiger partial charge in [0, 0.05) is 28.8 Å². The Labute approximate surface area is 174 Å². The first-order valence-corrected chi connectivity index (χ1v) is 10.5. The van der Waals surface area contributed by atoms with Crippen molar-refractivity contribution in [1.29, 1.82) is 0 Å². The fourth-order valence-electron chi connectivity index (χ4n) is 3.10. The molecule has 0 aliphatic heterocycles. The van der Waals surface area contributed by atoms with E-state index >= 15 is 0 Å². The molecular weight excluding hydrogens is 406 g/mol. The number of carbonyl (C=O) groups excluding carboxylic acids is 1. The molecule has 146 valence electrons. The lowest BCUT2D eigenvalue weighted by Gasteiger charge is -2.03. The van der Waals surface area contributed by atoms with Crippen LogP contribution in [-0.4, -0.2) is 15.4 Å². The van der Waals surface area contributed by atoms with Crippen LogP contribution in [0.25, 0.3) is 20.3 Å². The Kier molecular flexibility index (Phi) is 4.89. The molecule has 0 saturated carbocycles. The van der Waals surface area contributed by atoms with Crippen molar-refractivity contribution in [2.45, 2.75) is 20.4 Å². The van der Waals surface area contributed by atoms with Crippen molar-refractivity contribution in [2.24, 2.45) is 4.99 Å². The number of thiazole rings is 1. The molecular formula is C21H17N3O3S2. The van der Waals surface area contributed by atoms with Gasteiger partial charge in [-0.05, 0) is 49.2 Å². The number of nitrogens with zero attached hydrogens (tertiary/aromatic N) is 3. The van der Waals surface area contributed by atoms with Crippen LogP contribution < -0.4 is 4.80 Å². The maximum atomic E-state index is 12.8. The minimum absolute atomic E-state index is 0.00492. The summed E-state index contributed by atoms with van der Waals surface area (Å²) >= 11 is 2.75. The van der Waals surface area contributed by atoms with Crippen molar-refractivity contribution in [1.82, 2.24) is 4.57 Å². The number of benzene rings is 2. The number of hydrogen-bond donors (Lipinski definition) is 0. The van der Waals surface area contributed by atoms with E-state index in [2.05, 4.69) is 37.6 Å². The Bertz CT molecular complexity index is 1380. The second-order valence-corrected chi connectivity index (χ2v) is 8.79. The number of aromatic nitrogens is 1. The van der Waals surface area contributed by atoms with E-state index in [-0.39, 0.29) is 11.6 Å². The van der Waals surface area contributed by atoms with Gasteiger partial charge in [-0.25, -0.2) is 0 Å². The summed E-state index contributed by atoms with van der Waals surface area (Å²) in [7, 11) is 0. The molecule has 6 nitrogen and oxygen atoms in total. The summed E-state index contributed by atoms with van der Waals surface area (Å²) in [6.07, 6.45) is 1.78. The lowest BCUT2D eigenvalue weighted by Crippen LogP contribution is -2.16. The fourth-order valence-corrected chi connectivity index (χ4v) is 5.15. The zero-order valence-electron chi connectivity index (χ0n) is 15.8. The largest absolute Gasteiger partial charge is 0.312 e. The number of non-ortho nitro benzene ring substituents is 1. The van der Waals surface area contributed by atoms with Crippen molar-refractivity contribution >= 4 is 54.6 Å². The first-order chi connectivity index (χ1) is 13.9. The normalized spacial score (nSPS) is 12.0. The van der Waals surface area contributed by atoms with Gasteiger partial charge < -0.3 is 4.57 Å². The molecule has 0 atom stereocenters. The van der Waals surface area contributed by atoms with Crippen LogP contribution in [0.2, 0.25) is 0 Å². The van der Waals surface area contributed by atoms with Crippen molar-refractivity contribution in [3.63, 3.8) is 0 Å². The summed E-state index contributed by atoms with van der Waals surface area (Å²) in [6, 6.07) is 10.5. The lowest BCUT2D eigenvalue weighted by molar-refractivity contribution is -0.384. The molecule has 0 aliphatic rings. The average molecular weight is 424 g/mol.